The lowest BCUT2D eigenvalue weighted by molar-refractivity contribution is 0.108. The maximum absolute atomic E-state index is 9.76. The number of ether oxygens (including phenoxy) is 2. The van der Waals surface area contributed by atoms with Crippen LogP contribution in [0.4, 0.5) is 0 Å². The largest absolute Gasteiger partial charge is 0.497 e. The Morgan fingerprint density at radius 2 is 1.66 bits per heavy atom. The van der Waals surface area contributed by atoms with Gasteiger partial charge in [-0.25, -0.2) is 0 Å². The van der Waals surface area contributed by atoms with Gasteiger partial charge in [0.15, 0.2) is 0 Å². The smallest absolute Gasteiger partial charge is 0.119 e. The molecule has 32 heavy (non-hydrogen) atoms. The maximum atomic E-state index is 9.76. The number of hydrogen-bond acceptors (Lipinski definition) is 4. The molecule has 3 aromatic carbocycles. The van der Waals surface area contributed by atoms with Crippen LogP contribution in [0.5, 0.6) is 11.5 Å². The first kappa shape index (κ1) is 22.4. The fourth-order valence-electron chi connectivity index (χ4n) is 4.77. The molecule has 0 spiro atoms. The highest BCUT2D eigenvalue weighted by Crippen LogP contribution is 2.47. The zero-order valence-corrected chi connectivity index (χ0v) is 18.6. The van der Waals surface area contributed by atoms with Crippen molar-refractivity contribution in [2.45, 2.75) is 43.6 Å². The van der Waals surface area contributed by atoms with Crippen molar-refractivity contribution in [2.75, 3.05) is 20.3 Å². The number of rotatable bonds is 9. The normalized spacial score (nSPS) is 18.6. The molecule has 3 atom stereocenters. The van der Waals surface area contributed by atoms with E-state index in [0.29, 0.717) is 25.4 Å². The summed E-state index contributed by atoms with van der Waals surface area (Å²) in [7, 11) is 1.72. The molecule has 2 N–H and O–H groups in total. The molecular weight excluding hydrogens is 400 g/mol. The van der Waals surface area contributed by atoms with E-state index in [1.807, 2.05) is 12.1 Å². The van der Waals surface area contributed by atoms with Crippen LogP contribution in [-0.2, 0) is 6.42 Å². The van der Waals surface area contributed by atoms with E-state index < -0.39 is 6.10 Å². The molecule has 0 bridgehead atoms. The van der Waals surface area contributed by atoms with Gasteiger partial charge in [-0.15, -0.1) is 0 Å². The molecule has 0 saturated carbocycles. The second kappa shape index (κ2) is 10.7. The van der Waals surface area contributed by atoms with E-state index in [1.54, 1.807) is 7.11 Å². The van der Waals surface area contributed by atoms with Crippen LogP contribution in [0.25, 0.3) is 0 Å². The van der Waals surface area contributed by atoms with Crippen molar-refractivity contribution in [2.24, 2.45) is 0 Å². The standard InChI is InChI=1S/C28H32O4/c1-31-25-12-14-27-22(19-25)9-13-26(20-5-3-2-4-6-20)28(27)21-7-10-24(11-8-21)32-18-16-23(30)15-17-29/h2-8,10-12,14,19,23,26,28-30H,9,13,15-18H2,1H3/t23?,26-,28+/m0/s1. The molecule has 4 nitrogen and oxygen atoms in total. The Hall–Kier alpha value is -2.82. The van der Waals surface area contributed by atoms with E-state index >= 15 is 0 Å². The monoisotopic (exact) mass is 432 g/mol. The van der Waals surface area contributed by atoms with Crippen molar-refractivity contribution >= 4 is 0 Å². The van der Waals surface area contributed by atoms with Gasteiger partial charge in [-0.3, -0.25) is 0 Å². The van der Waals surface area contributed by atoms with Gasteiger partial charge in [0.05, 0.1) is 19.8 Å². The summed E-state index contributed by atoms with van der Waals surface area (Å²) in [5.74, 6) is 2.39. The Kier molecular flexibility index (Phi) is 7.46. The SMILES string of the molecule is COc1ccc2c(c1)CC[C@@H](c1ccccc1)[C@H]2c1ccc(OCCC(O)CCO)cc1. The van der Waals surface area contributed by atoms with Gasteiger partial charge in [-0.05, 0) is 71.7 Å². The molecule has 0 aliphatic heterocycles. The molecule has 3 aromatic rings. The zero-order valence-electron chi connectivity index (χ0n) is 18.6. The van der Waals surface area contributed by atoms with Crippen LogP contribution in [0.1, 0.15) is 53.4 Å². The quantitative estimate of drug-likeness (QED) is 0.496. The number of aliphatic hydroxyl groups excluding tert-OH is 2. The summed E-state index contributed by atoms with van der Waals surface area (Å²) < 4.78 is 11.3. The van der Waals surface area contributed by atoms with Crippen molar-refractivity contribution in [3.63, 3.8) is 0 Å². The minimum absolute atomic E-state index is 0.00676. The van der Waals surface area contributed by atoms with Gasteiger partial charge >= 0.3 is 0 Å². The second-order valence-electron chi connectivity index (χ2n) is 8.47. The zero-order chi connectivity index (χ0) is 22.3. The number of aryl methyl sites for hydroxylation is 1. The molecule has 4 heteroatoms. The highest BCUT2D eigenvalue weighted by Gasteiger charge is 2.32. The van der Waals surface area contributed by atoms with Crippen molar-refractivity contribution in [3.8, 4) is 11.5 Å². The van der Waals surface area contributed by atoms with Crippen LogP contribution < -0.4 is 9.47 Å². The Balaban J connectivity index is 1.58. The molecule has 1 unspecified atom stereocenters. The first-order chi connectivity index (χ1) is 15.7. The summed E-state index contributed by atoms with van der Waals surface area (Å²) in [5.41, 5.74) is 5.38. The van der Waals surface area contributed by atoms with Gasteiger partial charge in [0.1, 0.15) is 11.5 Å². The number of aliphatic hydroxyl groups is 2. The van der Waals surface area contributed by atoms with Gasteiger partial charge in [-0.2, -0.15) is 0 Å². The number of benzene rings is 3. The van der Waals surface area contributed by atoms with E-state index in [0.717, 1.165) is 24.3 Å². The molecule has 4 rings (SSSR count). The van der Waals surface area contributed by atoms with Crippen LogP contribution >= 0.6 is 0 Å². The number of fused-ring (bicyclic) bond motifs is 1. The number of methoxy groups -OCH3 is 1. The Labute approximate surface area is 190 Å². The predicted octanol–water partition coefficient (Wildman–Crippen LogP) is 5.07. The van der Waals surface area contributed by atoms with Gasteiger partial charge in [0.2, 0.25) is 0 Å². The van der Waals surface area contributed by atoms with Crippen molar-refractivity contribution in [3.05, 3.63) is 95.1 Å². The van der Waals surface area contributed by atoms with Crippen molar-refractivity contribution in [1.29, 1.82) is 0 Å². The summed E-state index contributed by atoms with van der Waals surface area (Å²) in [6.45, 7) is 0.423. The minimum Gasteiger partial charge on any atom is -0.497 e. The van der Waals surface area contributed by atoms with Crippen LogP contribution in [0.2, 0.25) is 0 Å². The fourth-order valence-corrected chi connectivity index (χ4v) is 4.77. The summed E-state index contributed by atoms with van der Waals surface area (Å²) >= 11 is 0. The third-order valence-corrected chi connectivity index (χ3v) is 6.46. The van der Waals surface area contributed by atoms with E-state index in [4.69, 9.17) is 14.6 Å². The van der Waals surface area contributed by atoms with Gasteiger partial charge in [-0.1, -0.05) is 48.5 Å². The summed E-state index contributed by atoms with van der Waals surface area (Å²) in [6, 6.07) is 25.6. The second-order valence-corrected chi connectivity index (χ2v) is 8.47. The first-order valence-corrected chi connectivity index (χ1v) is 11.4. The topological polar surface area (TPSA) is 58.9 Å². The Bertz CT molecular complexity index is 984. The van der Waals surface area contributed by atoms with Crippen molar-refractivity contribution in [1.82, 2.24) is 0 Å². The van der Waals surface area contributed by atoms with E-state index in [1.165, 1.54) is 22.3 Å². The average Bonchev–Trinajstić information content (AvgIpc) is 2.84. The third kappa shape index (κ3) is 5.14. The highest BCUT2D eigenvalue weighted by molar-refractivity contribution is 5.48. The lowest BCUT2D eigenvalue weighted by atomic mass is 9.69. The highest BCUT2D eigenvalue weighted by atomic mass is 16.5. The fraction of sp³-hybridized carbons (Fsp3) is 0.357. The molecule has 1 aliphatic carbocycles. The summed E-state index contributed by atoms with van der Waals surface area (Å²) in [6.07, 6.45) is 2.50. The van der Waals surface area contributed by atoms with Gasteiger partial charge in [0.25, 0.3) is 0 Å². The van der Waals surface area contributed by atoms with Crippen LogP contribution in [0.3, 0.4) is 0 Å². The van der Waals surface area contributed by atoms with Crippen LogP contribution in [0, 0.1) is 0 Å². The van der Waals surface area contributed by atoms with E-state index in [2.05, 4.69) is 60.7 Å². The molecule has 0 radical (unpaired) electrons. The van der Waals surface area contributed by atoms with Gasteiger partial charge < -0.3 is 19.7 Å². The molecule has 0 amide bonds. The lowest BCUT2D eigenvalue weighted by Crippen LogP contribution is -2.20. The van der Waals surface area contributed by atoms with Crippen LogP contribution in [-0.4, -0.2) is 36.6 Å². The Morgan fingerprint density at radius 3 is 2.38 bits per heavy atom. The molecule has 168 valence electrons. The lowest BCUT2D eigenvalue weighted by Gasteiger charge is -2.35. The minimum atomic E-state index is -0.526. The third-order valence-electron chi connectivity index (χ3n) is 6.46. The van der Waals surface area contributed by atoms with E-state index in [-0.39, 0.29) is 12.5 Å². The molecule has 0 fully saturated rings. The van der Waals surface area contributed by atoms with Gasteiger partial charge in [0, 0.05) is 18.9 Å². The Morgan fingerprint density at radius 1 is 0.906 bits per heavy atom. The summed E-state index contributed by atoms with van der Waals surface area (Å²) in [5, 5.41) is 18.7. The molecule has 0 heterocycles. The molecule has 0 saturated heterocycles. The molecule has 1 aliphatic rings. The summed E-state index contributed by atoms with van der Waals surface area (Å²) in [4.78, 5) is 0. The van der Waals surface area contributed by atoms with Crippen LogP contribution in [0.15, 0.2) is 72.8 Å². The average molecular weight is 433 g/mol. The number of hydrogen-bond donors (Lipinski definition) is 2. The van der Waals surface area contributed by atoms with Crippen molar-refractivity contribution < 1.29 is 19.7 Å². The molecular formula is C28H32O4. The maximum Gasteiger partial charge on any atom is 0.119 e. The predicted molar refractivity (Wildman–Crippen MR) is 127 cm³/mol. The van der Waals surface area contributed by atoms with E-state index in [9.17, 15) is 5.11 Å². The molecule has 0 aromatic heterocycles. The first-order valence-electron chi connectivity index (χ1n) is 11.4.